The second-order valence-electron chi connectivity index (χ2n) is 7.33. The van der Waals surface area contributed by atoms with Crippen LogP contribution in [0.4, 0.5) is 5.69 Å². The van der Waals surface area contributed by atoms with Crippen molar-refractivity contribution in [1.82, 2.24) is 4.90 Å². The predicted octanol–water partition coefficient (Wildman–Crippen LogP) is 2.72. The highest BCUT2D eigenvalue weighted by molar-refractivity contribution is 6.39. The molecule has 4 rings (SSSR count). The first-order valence-corrected chi connectivity index (χ1v) is 9.69. The van der Waals surface area contributed by atoms with Gasteiger partial charge in [0.25, 0.3) is 5.91 Å². The predicted molar refractivity (Wildman–Crippen MR) is 109 cm³/mol. The van der Waals surface area contributed by atoms with Gasteiger partial charge in [0, 0.05) is 25.4 Å². The Bertz CT molecular complexity index is 874. The molecular weight excluding hydrogens is 352 g/mol. The van der Waals surface area contributed by atoms with Gasteiger partial charge in [-0.1, -0.05) is 48.5 Å². The number of carbonyl (C=O) groups excluding carboxylic acids is 2. The van der Waals surface area contributed by atoms with E-state index in [1.54, 1.807) is 4.90 Å². The number of hydrogen-bond donors (Lipinski definition) is 1. The van der Waals surface area contributed by atoms with Crippen LogP contribution in [0.3, 0.4) is 0 Å². The maximum atomic E-state index is 13.1. The molecule has 0 saturated carbocycles. The van der Waals surface area contributed by atoms with Crippen LogP contribution in [-0.2, 0) is 9.59 Å². The summed E-state index contributed by atoms with van der Waals surface area (Å²) in [6, 6.07) is 20.1. The number of likely N-dealkylation sites (tertiary alicyclic amines) is 1. The second kappa shape index (κ2) is 7.84. The van der Waals surface area contributed by atoms with Gasteiger partial charge < -0.3 is 10.6 Å². The first kappa shape index (κ1) is 18.2. The smallest absolute Gasteiger partial charge is 0.270 e. The quantitative estimate of drug-likeness (QED) is 0.891. The molecule has 0 bridgehead atoms. The minimum absolute atomic E-state index is 0.00860. The van der Waals surface area contributed by atoms with Gasteiger partial charge in [0.15, 0.2) is 0 Å². The van der Waals surface area contributed by atoms with Gasteiger partial charge in [-0.25, -0.2) is 0 Å². The number of para-hydroxylation sites is 1. The van der Waals surface area contributed by atoms with Gasteiger partial charge >= 0.3 is 0 Å². The van der Waals surface area contributed by atoms with Crippen LogP contribution in [0.5, 0.6) is 0 Å². The molecule has 2 aromatic carbocycles. The molecule has 2 aromatic rings. The lowest BCUT2D eigenvalue weighted by Gasteiger charge is -2.30. The summed E-state index contributed by atoms with van der Waals surface area (Å²) in [5.41, 5.74) is 8.06. The first-order chi connectivity index (χ1) is 13.6. The minimum Gasteiger partial charge on any atom is -0.369 e. The Labute approximate surface area is 164 Å². The van der Waals surface area contributed by atoms with Crippen LogP contribution in [0.1, 0.15) is 30.9 Å². The molecule has 0 spiro atoms. The first-order valence-electron chi connectivity index (χ1n) is 9.69. The molecule has 6 heteroatoms. The molecule has 1 atom stereocenters. The summed E-state index contributed by atoms with van der Waals surface area (Å²) in [5.74, 6) is -0.445. The minimum atomic E-state index is -0.273. The molecule has 28 heavy (non-hydrogen) atoms. The lowest BCUT2D eigenvalue weighted by molar-refractivity contribution is -0.129. The number of piperidine rings is 1. The number of hydrazone groups is 1. The Morgan fingerprint density at radius 2 is 1.54 bits per heavy atom. The van der Waals surface area contributed by atoms with Crippen LogP contribution >= 0.6 is 0 Å². The summed E-state index contributed by atoms with van der Waals surface area (Å²) in [7, 11) is 0. The molecule has 0 aromatic heterocycles. The number of rotatable bonds is 4. The second-order valence-corrected chi connectivity index (χ2v) is 7.33. The normalized spacial score (nSPS) is 20.1. The van der Waals surface area contributed by atoms with Crippen LogP contribution in [0.25, 0.3) is 0 Å². The van der Waals surface area contributed by atoms with Gasteiger partial charge in [0.2, 0.25) is 5.91 Å². The summed E-state index contributed by atoms with van der Waals surface area (Å²) in [6.07, 6.45) is 1.81. The summed E-state index contributed by atoms with van der Waals surface area (Å²) in [4.78, 5) is 26.3. The van der Waals surface area contributed by atoms with Crippen molar-refractivity contribution in [3.05, 3.63) is 66.2 Å². The molecule has 2 N–H and O–H groups in total. The number of amides is 2. The van der Waals surface area contributed by atoms with Crippen LogP contribution in [0.15, 0.2) is 65.8 Å². The van der Waals surface area contributed by atoms with Crippen LogP contribution in [0.2, 0.25) is 0 Å². The molecule has 0 aliphatic carbocycles. The van der Waals surface area contributed by atoms with Crippen molar-refractivity contribution in [2.45, 2.75) is 25.3 Å². The van der Waals surface area contributed by atoms with Crippen molar-refractivity contribution in [3.63, 3.8) is 0 Å². The van der Waals surface area contributed by atoms with Crippen molar-refractivity contribution in [2.24, 2.45) is 16.8 Å². The molecule has 2 amide bonds. The molecule has 2 aliphatic rings. The van der Waals surface area contributed by atoms with E-state index in [2.05, 4.69) is 12.1 Å². The zero-order valence-corrected chi connectivity index (χ0v) is 15.7. The lowest BCUT2D eigenvalue weighted by atomic mass is 9.95. The molecular formula is C22H24N4O2. The van der Waals surface area contributed by atoms with Crippen molar-refractivity contribution >= 4 is 23.2 Å². The topological polar surface area (TPSA) is 79.0 Å². The third-order valence-corrected chi connectivity index (χ3v) is 5.55. The third-order valence-electron chi connectivity index (χ3n) is 5.55. The molecule has 1 saturated heterocycles. The van der Waals surface area contributed by atoms with Crippen molar-refractivity contribution in [1.29, 1.82) is 0 Å². The fraction of sp³-hybridized carbons (Fsp3) is 0.318. The number of anilines is 1. The van der Waals surface area contributed by atoms with Crippen molar-refractivity contribution in [3.8, 4) is 0 Å². The van der Waals surface area contributed by atoms with Gasteiger partial charge in [-0.2, -0.15) is 5.10 Å². The third kappa shape index (κ3) is 3.63. The van der Waals surface area contributed by atoms with E-state index < -0.39 is 0 Å². The van der Waals surface area contributed by atoms with Gasteiger partial charge in [-0.05, 0) is 30.5 Å². The number of carbonyl (C=O) groups is 2. The molecule has 2 aliphatic heterocycles. The maximum absolute atomic E-state index is 13.1. The summed E-state index contributed by atoms with van der Waals surface area (Å²) < 4.78 is 0. The van der Waals surface area contributed by atoms with Gasteiger partial charge in [0.1, 0.15) is 5.71 Å². The fourth-order valence-electron chi connectivity index (χ4n) is 3.94. The van der Waals surface area contributed by atoms with Crippen molar-refractivity contribution in [2.75, 3.05) is 18.1 Å². The highest BCUT2D eigenvalue weighted by atomic mass is 16.2. The Morgan fingerprint density at radius 1 is 0.929 bits per heavy atom. The highest BCUT2D eigenvalue weighted by Gasteiger charge is 2.35. The van der Waals surface area contributed by atoms with Crippen LogP contribution < -0.4 is 10.7 Å². The van der Waals surface area contributed by atoms with Crippen LogP contribution in [0, 0.1) is 5.92 Å². The summed E-state index contributed by atoms with van der Waals surface area (Å²) in [5, 5.41) is 6.66. The highest BCUT2D eigenvalue weighted by Crippen LogP contribution is 2.35. The molecule has 2 heterocycles. The SMILES string of the molecule is NC(=O)C1CCN(C(=O)C2=NN(c3ccccc3)C(c3ccccc3)C2)CC1. The lowest BCUT2D eigenvalue weighted by Crippen LogP contribution is -2.44. The van der Waals surface area contributed by atoms with Crippen LogP contribution in [-0.4, -0.2) is 35.5 Å². The molecule has 6 nitrogen and oxygen atoms in total. The molecule has 0 radical (unpaired) electrons. The number of primary amides is 1. The van der Waals surface area contributed by atoms with E-state index in [1.807, 2.05) is 53.5 Å². The number of nitrogens with zero attached hydrogens (tertiary/aromatic N) is 3. The summed E-state index contributed by atoms with van der Waals surface area (Å²) >= 11 is 0. The fourth-order valence-corrected chi connectivity index (χ4v) is 3.94. The van der Waals surface area contributed by atoms with E-state index >= 15 is 0 Å². The van der Waals surface area contributed by atoms with E-state index in [0.717, 1.165) is 11.3 Å². The van der Waals surface area contributed by atoms with E-state index in [9.17, 15) is 9.59 Å². The monoisotopic (exact) mass is 376 g/mol. The molecule has 144 valence electrons. The average Bonchev–Trinajstić information content (AvgIpc) is 3.20. The number of nitrogens with two attached hydrogens (primary N) is 1. The Hall–Kier alpha value is -3.15. The van der Waals surface area contributed by atoms with Gasteiger partial charge in [-0.15, -0.1) is 0 Å². The Balaban J connectivity index is 1.56. The maximum Gasteiger partial charge on any atom is 0.270 e. The Kier molecular flexibility index (Phi) is 5.10. The number of benzene rings is 2. The zero-order chi connectivity index (χ0) is 19.5. The zero-order valence-electron chi connectivity index (χ0n) is 15.7. The average molecular weight is 376 g/mol. The van der Waals surface area contributed by atoms with E-state index in [1.165, 1.54) is 0 Å². The largest absolute Gasteiger partial charge is 0.369 e. The van der Waals surface area contributed by atoms with E-state index in [-0.39, 0.29) is 23.8 Å². The molecule has 1 unspecified atom stereocenters. The number of hydrogen-bond acceptors (Lipinski definition) is 4. The molecule has 1 fully saturated rings. The van der Waals surface area contributed by atoms with Gasteiger partial charge in [-0.3, -0.25) is 14.6 Å². The van der Waals surface area contributed by atoms with E-state index in [4.69, 9.17) is 10.8 Å². The van der Waals surface area contributed by atoms with Crippen molar-refractivity contribution < 1.29 is 9.59 Å². The van der Waals surface area contributed by atoms with Gasteiger partial charge in [0.05, 0.1) is 11.7 Å². The van der Waals surface area contributed by atoms with E-state index in [0.29, 0.717) is 38.1 Å². The summed E-state index contributed by atoms with van der Waals surface area (Å²) in [6.45, 7) is 1.10. The Morgan fingerprint density at radius 3 is 2.14 bits per heavy atom. The standard InChI is InChI=1S/C22H24N4O2/c23-21(27)17-11-13-25(14-12-17)22(28)19-15-20(16-7-3-1-4-8-16)26(24-19)18-9-5-2-6-10-18/h1-10,17,20H,11-15H2,(H2,23,27).